The Morgan fingerprint density at radius 1 is 1.77 bits per heavy atom. The maximum Gasteiger partial charge on any atom is 0.166 e. The van der Waals surface area contributed by atoms with E-state index in [1.165, 1.54) is 0 Å². The Morgan fingerprint density at radius 2 is 2.69 bits per heavy atom. The molecule has 1 aliphatic rings. The van der Waals surface area contributed by atoms with Crippen LogP contribution in [0.5, 0.6) is 0 Å². The molecule has 0 aliphatic carbocycles. The summed E-state index contributed by atoms with van der Waals surface area (Å²) in [6.07, 6.45) is 2.77. The number of aromatic nitrogens is 3. The van der Waals surface area contributed by atoms with E-state index < -0.39 is 0 Å². The molecule has 6 heteroatoms. The second kappa shape index (κ2) is 3.71. The van der Waals surface area contributed by atoms with E-state index in [4.69, 9.17) is 15.2 Å². The zero-order chi connectivity index (χ0) is 9.10. The summed E-state index contributed by atoms with van der Waals surface area (Å²) in [6, 6.07) is 0. The summed E-state index contributed by atoms with van der Waals surface area (Å²) in [7, 11) is 0. The summed E-state index contributed by atoms with van der Waals surface area (Å²) in [5.74, 6) is 0.409. The molecule has 1 aromatic rings. The maximum absolute atomic E-state index is 5.48. The van der Waals surface area contributed by atoms with Gasteiger partial charge >= 0.3 is 0 Å². The molecule has 1 unspecified atom stereocenters. The third-order valence-electron chi connectivity index (χ3n) is 1.89. The van der Waals surface area contributed by atoms with Crippen LogP contribution in [0.1, 0.15) is 6.42 Å². The molecule has 0 amide bonds. The summed E-state index contributed by atoms with van der Waals surface area (Å²) in [4.78, 5) is 0. The van der Waals surface area contributed by atoms with E-state index in [1.807, 2.05) is 0 Å². The zero-order valence-electron chi connectivity index (χ0n) is 7.22. The van der Waals surface area contributed by atoms with Crippen molar-refractivity contribution in [2.45, 2.75) is 19.3 Å². The molecule has 1 fully saturated rings. The molecule has 0 bridgehead atoms. The maximum atomic E-state index is 5.48. The smallest absolute Gasteiger partial charge is 0.166 e. The Hall–Kier alpha value is -1.14. The zero-order valence-corrected chi connectivity index (χ0v) is 7.22. The van der Waals surface area contributed by atoms with E-state index >= 15 is 0 Å². The average Bonchev–Trinajstić information content (AvgIpc) is 2.71. The molecule has 0 saturated carbocycles. The Bertz CT molecular complexity index is 269. The van der Waals surface area contributed by atoms with Crippen molar-refractivity contribution < 1.29 is 9.47 Å². The Morgan fingerprint density at radius 3 is 3.31 bits per heavy atom. The molecule has 72 valence electrons. The third kappa shape index (κ3) is 2.16. The number of nitrogen functional groups attached to an aromatic ring is 1. The molecule has 1 atom stereocenters. The van der Waals surface area contributed by atoms with Gasteiger partial charge < -0.3 is 15.2 Å². The summed E-state index contributed by atoms with van der Waals surface area (Å²) in [5, 5.41) is 7.39. The van der Waals surface area contributed by atoms with Crippen LogP contribution < -0.4 is 5.73 Å². The fourth-order valence-corrected chi connectivity index (χ4v) is 1.20. The first kappa shape index (κ1) is 8.46. The number of nitrogens with two attached hydrogens (primary N) is 1. The van der Waals surface area contributed by atoms with Crippen LogP contribution in [0.2, 0.25) is 0 Å². The van der Waals surface area contributed by atoms with Gasteiger partial charge in [0, 0.05) is 6.61 Å². The second-order valence-electron chi connectivity index (χ2n) is 2.96. The molecule has 2 heterocycles. The molecular weight excluding hydrogens is 172 g/mol. The topological polar surface area (TPSA) is 75.2 Å². The van der Waals surface area contributed by atoms with Gasteiger partial charge in [-0.05, 0) is 6.42 Å². The summed E-state index contributed by atoms with van der Waals surface area (Å²) in [6.45, 7) is 1.84. The number of anilines is 1. The van der Waals surface area contributed by atoms with Crippen molar-refractivity contribution in [3.8, 4) is 0 Å². The van der Waals surface area contributed by atoms with Crippen molar-refractivity contribution >= 4 is 5.82 Å². The van der Waals surface area contributed by atoms with Gasteiger partial charge in [-0.1, -0.05) is 5.21 Å². The van der Waals surface area contributed by atoms with Gasteiger partial charge in [-0.25, -0.2) is 4.68 Å². The van der Waals surface area contributed by atoms with Gasteiger partial charge in [-0.15, -0.1) is 5.10 Å². The van der Waals surface area contributed by atoms with Crippen LogP contribution in [-0.4, -0.2) is 34.3 Å². The molecule has 1 aliphatic heterocycles. The molecule has 1 saturated heterocycles. The van der Waals surface area contributed by atoms with Gasteiger partial charge in [0.05, 0.1) is 18.9 Å². The van der Waals surface area contributed by atoms with Crippen LogP contribution in [0, 0.1) is 0 Å². The lowest BCUT2D eigenvalue weighted by Crippen LogP contribution is -2.15. The predicted octanol–water partition coefficient (Wildman–Crippen LogP) is -0.377. The highest BCUT2D eigenvalue weighted by molar-refractivity contribution is 5.19. The molecule has 6 nitrogen and oxygen atoms in total. The molecule has 2 N–H and O–H groups in total. The number of hydrogen-bond acceptors (Lipinski definition) is 5. The van der Waals surface area contributed by atoms with E-state index in [0.29, 0.717) is 19.2 Å². The molecule has 13 heavy (non-hydrogen) atoms. The number of nitrogens with zero attached hydrogens (tertiary/aromatic N) is 3. The Kier molecular flexibility index (Phi) is 2.42. The van der Waals surface area contributed by atoms with Crippen molar-refractivity contribution in [3.05, 3.63) is 6.20 Å². The molecular formula is C7H12N4O2. The van der Waals surface area contributed by atoms with Gasteiger partial charge in [0.2, 0.25) is 0 Å². The van der Waals surface area contributed by atoms with Crippen molar-refractivity contribution in [1.82, 2.24) is 15.0 Å². The van der Waals surface area contributed by atoms with Crippen LogP contribution in [0.15, 0.2) is 6.20 Å². The SMILES string of the molecule is Nc1cn(COC2CCOC2)nn1. The van der Waals surface area contributed by atoms with E-state index in [9.17, 15) is 0 Å². The lowest BCUT2D eigenvalue weighted by Gasteiger charge is -2.08. The molecule has 2 rings (SSSR count). The first-order valence-corrected chi connectivity index (χ1v) is 4.19. The highest BCUT2D eigenvalue weighted by atomic mass is 16.6. The fourth-order valence-electron chi connectivity index (χ4n) is 1.20. The molecule has 0 aromatic carbocycles. The third-order valence-corrected chi connectivity index (χ3v) is 1.89. The average molecular weight is 184 g/mol. The van der Waals surface area contributed by atoms with Crippen LogP contribution in [-0.2, 0) is 16.2 Å². The fraction of sp³-hybridized carbons (Fsp3) is 0.714. The minimum absolute atomic E-state index is 0.186. The summed E-state index contributed by atoms with van der Waals surface area (Å²) >= 11 is 0. The normalized spacial score (nSPS) is 22.3. The number of ether oxygens (including phenoxy) is 2. The van der Waals surface area contributed by atoms with E-state index in [1.54, 1.807) is 10.9 Å². The van der Waals surface area contributed by atoms with Crippen LogP contribution in [0.25, 0.3) is 0 Å². The van der Waals surface area contributed by atoms with Crippen LogP contribution >= 0.6 is 0 Å². The second-order valence-corrected chi connectivity index (χ2v) is 2.96. The van der Waals surface area contributed by atoms with Gasteiger partial charge in [0.1, 0.15) is 6.73 Å². The predicted molar refractivity (Wildman–Crippen MR) is 44.7 cm³/mol. The van der Waals surface area contributed by atoms with Gasteiger partial charge in [-0.2, -0.15) is 0 Å². The molecule has 0 radical (unpaired) electrons. The van der Waals surface area contributed by atoms with Crippen molar-refractivity contribution in [2.24, 2.45) is 0 Å². The minimum Gasteiger partial charge on any atom is -0.381 e. The van der Waals surface area contributed by atoms with E-state index in [-0.39, 0.29) is 6.10 Å². The molecule has 1 aromatic heterocycles. The highest BCUT2D eigenvalue weighted by Crippen LogP contribution is 2.08. The minimum atomic E-state index is 0.186. The lowest BCUT2D eigenvalue weighted by molar-refractivity contribution is -0.00412. The first-order chi connectivity index (χ1) is 6.34. The Labute approximate surface area is 75.6 Å². The highest BCUT2D eigenvalue weighted by Gasteiger charge is 2.15. The van der Waals surface area contributed by atoms with Crippen molar-refractivity contribution in [1.29, 1.82) is 0 Å². The van der Waals surface area contributed by atoms with E-state index in [0.717, 1.165) is 13.0 Å². The first-order valence-electron chi connectivity index (χ1n) is 4.19. The standard InChI is InChI=1S/C7H12N4O2/c8-7-3-11(10-9-7)5-13-6-1-2-12-4-6/h3,6H,1-2,4-5,8H2. The van der Waals surface area contributed by atoms with Gasteiger partial charge in [0.15, 0.2) is 5.82 Å². The number of rotatable bonds is 3. The number of hydrogen-bond donors (Lipinski definition) is 1. The van der Waals surface area contributed by atoms with Gasteiger partial charge in [-0.3, -0.25) is 0 Å². The summed E-state index contributed by atoms with van der Waals surface area (Å²) < 4.78 is 12.2. The summed E-state index contributed by atoms with van der Waals surface area (Å²) in [5.41, 5.74) is 5.39. The Balaban J connectivity index is 1.78. The molecule has 0 spiro atoms. The monoisotopic (exact) mass is 184 g/mol. The van der Waals surface area contributed by atoms with Crippen molar-refractivity contribution in [3.63, 3.8) is 0 Å². The van der Waals surface area contributed by atoms with E-state index in [2.05, 4.69) is 10.3 Å². The van der Waals surface area contributed by atoms with Crippen LogP contribution in [0.4, 0.5) is 5.82 Å². The quantitative estimate of drug-likeness (QED) is 0.693. The van der Waals surface area contributed by atoms with Gasteiger partial charge in [0.25, 0.3) is 0 Å². The van der Waals surface area contributed by atoms with Crippen LogP contribution in [0.3, 0.4) is 0 Å². The largest absolute Gasteiger partial charge is 0.381 e. The van der Waals surface area contributed by atoms with Crippen molar-refractivity contribution in [2.75, 3.05) is 18.9 Å². The lowest BCUT2D eigenvalue weighted by atomic mass is 10.3.